The molecule has 202 valence electrons. The first-order chi connectivity index (χ1) is 19.3. The molecule has 4 aromatic rings. The van der Waals surface area contributed by atoms with Crippen LogP contribution in [0.1, 0.15) is 30.0 Å². The van der Waals surface area contributed by atoms with E-state index in [-0.39, 0.29) is 29.9 Å². The maximum Gasteiger partial charge on any atom is 0.136 e. The molecular weight excluding hydrogens is 504 g/mol. The van der Waals surface area contributed by atoms with Crippen molar-refractivity contribution in [1.29, 1.82) is 0 Å². The summed E-state index contributed by atoms with van der Waals surface area (Å²) in [7, 11) is 0. The third-order valence-corrected chi connectivity index (χ3v) is 8.00. The minimum Gasteiger partial charge on any atom is -0.368 e. The summed E-state index contributed by atoms with van der Waals surface area (Å²) >= 11 is 1.69. The van der Waals surface area contributed by atoms with Crippen LogP contribution in [0.4, 0.5) is 0 Å². The second-order valence-corrected chi connectivity index (χ2v) is 10.8. The van der Waals surface area contributed by atoms with Gasteiger partial charge in [0.25, 0.3) is 0 Å². The van der Waals surface area contributed by atoms with E-state index in [1.807, 2.05) is 60.7 Å². The minimum atomic E-state index is -0.345. The van der Waals surface area contributed by atoms with E-state index in [2.05, 4.69) is 67.6 Å². The quantitative estimate of drug-likeness (QED) is 0.184. The zero-order valence-electron chi connectivity index (χ0n) is 22.3. The molecule has 39 heavy (non-hydrogen) atoms. The summed E-state index contributed by atoms with van der Waals surface area (Å²) in [6.07, 6.45) is -0.276. The zero-order valence-corrected chi connectivity index (χ0v) is 23.1. The first-order valence-electron chi connectivity index (χ1n) is 13.6. The third kappa shape index (κ3) is 7.81. The summed E-state index contributed by atoms with van der Waals surface area (Å²) < 4.78 is 26.8. The Morgan fingerprint density at radius 2 is 0.949 bits per heavy atom. The minimum absolute atomic E-state index is 0.132. The molecule has 0 spiro atoms. The number of benzene rings is 4. The Labute approximate surface area is 236 Å². The first-order valence-corrected chi connectivity index (χ1v) is 14.5. The van der Waals surface area contributed by atoms with Gasteiger partial charge in [0.1, 0.15) is 23.7 Å². The average molecular weight is 541 g/mol. The fourth-order valence-corrected chi connectivity index (χ4v) is 5.95. The fourth-order valence-electron chi connectivity index (χ4n) is 4.80. The lowest BCUT2D eigenvalue weighted by Gasteiger charge is -2.46. The molecule has 0 amide bonds. The van der Waals surface area contributed by atoms with Crippen LogP contribution in [0.3, 0.4) is 0 Å². The third-order valence-electron chi connectivity index (χ3n) is 6.84. The highest BCUT2D eigenvalue weighted by Gasteiger charge is 2.48. The fraction of sp³-hybridized carbons (Fsp3) is 0.294. The number of hydrogen-bond acceptors (Lipinski definition) is 5. The van der Waals surface area contributed by atoms with Crippen LogP contribution in [0, 0.1) is 0 Å². The van der Waals surface area contributed by atoms with Gasteiger partial charge in [-0.25, -0.2) is 0 Å². The number of hydrogen-bond donors (Lipinski definition) is 0. The van der Waals surface area contributed by atoms with Crippen LogP contribution < -0.4 is 0 Å². The lowest BCUT2D eigenvalue weighted by atomic mass is 9.97. The lowest BCUT2D eigenvalue weighted by Crippen LogP contribution is -2.59. The molecular formula is C34H36O4S. The van der Waals surface area contributed by atoms with Crippen LogP contribution in [0.15, 0.2) is 126 Å². The van der Waals surface area contributed by atoms with Gasteiger partial charge in [-0.2, -0.15) is 0 Å². The summed E-state index contributed by atoms with van der Waals surface area (Å²) in [6.45, 7) is 3.57. The van der Waals surface area contributed by atoms with Crippen LogP contribution in [0.25, 0.3) is 0 Å². The van der Waals surface area contributed by atoms with E-state index in [1.165, 1.54) is 0 Å². The van der Waals surface area contributed by atoms with Gasteiger partial charge in [0.05, 0.1) is 25.9 Å². The van der Waals surface area contributed by atoms with Crippen LogP contribution in [-0.4, -0.2) is 29.9 Å². The number of ether oxygens (including phenoxy) is 4. The second-order valence-electron chi connectivity index (χ2n) is 9.67. The predicted molar refractivity (Wildman–Crippen MR) is 156 cm³/mol. The molecule has 1 aliphatic rings. The van der Waals surface area contributed by atoms with Crippen molar-refractivity contribution in [3.63, 3.8) is 0 Å². The van der Waals surface area contributed by atoms with Gasteiger partial charge in [0, 0.05) is 4.90 Å². The smallest absolute Gasteiger partial charge is 0.136 e. The molecule has 0 bridgehead atoms. The summed E-state index contributed by atoms with van der Waals surface area (Å²) in [5.74, 6) is 0. The van der Waals surface area contributed by atoms with Crippen molar-refractivity contribution < 1.29 is 18.9 Å². The highest BCUT2D eigenvalue weighted by atomic mass is 32.2. The Morgan fingerprint density at radius 3 is 1.41 bits per heavy atom. The average Bonchev–Trinajstić information content (AvgIpc) is 3.00. The summed E-state index contributed by atoms with van der Waals surface area (Å²) in [5, 5.41) is 0. The van der Waals surface area contributed by atoms with Gasteiger partial charge in [-0.05, 0) is 35.2 Å². The van der Waals surface area contributed by atoms with E-state index in [9.17, 15) is 0 Å². The molecule has 4 nitrogen and oxygen atoms in total. The van der Waals surface area contributed by atoms with E-state index in [0.29, 0.717) is 19.8 Å². The molecule has 1 saturated heterocycles. The van der Waals surface area contributed by atoms with Gasteiger partial charge < -0.3 is 18.9 Å². The van der Waals surface area contributed by atoms with Crippen molar-refractivity contribution >= 4 is 11.8 Å². The van der Waals surface area contributed by atoms with E-state index >= 15 is 0 Å². The van der Waals surface area contributed by atoms with E-state index in [1.54, 1.807) is 11.8 Å². The zero-order chi connectivity index (χ0) is 26.7. The SMILES string of the molecule is CCC1O[C@@H](Sc2ccccc2)C(OCc2ccccc2)[C@H](OCc2ccccc2)[C@H]1OCc1ccccc1. The molecule has 0 N–H and O–H groups in total. The monoisotopic (exact) mass is 540 g/mol. The predicted octanol–water partition coefficient (Wildman–Crippen LogP) is 7.67. The van der Waals surface area contributed by atoms with Gasteiger partial charge in [0.2, 0.25) is 0 Å². The van der Waals surface area contributed by atoms with Crippen molar-refractivity contribution in [3.05, 3.63) is 138 Å². The molecule has 1 aliphatic heterocycles. The van der Waals surface area contributed by atoms with Crippen molar-refractivity contribution in [2.45, 2.75) is 67.9 Å². The molecule has 1 heterocycles. The Morgan fingerprint density at radius 1 is 0.538 bits per heavy atom. The van der Waals surface area contributed by atoms with Crippen LogP contribution >= 0.6 is 11.8 Å². The number of thioether (sulfide) groups is 1. The maximum atomic E-state index is 6.76. The summed E-state index contributed by atoms with van der Waals surface area (Å²) in [5.41, 5.74) is 3.10. The van der Waals surface area contributed by atoms with Gasteiger partial charge in [-0.1, -0.05) is 128 Å². The Balaban J connectivity index is 1.44. The lowest BCUT2D eigenvalue weighted by molar-refractivity contribution is -0.246. The summed E-state index contributed by atoms with van der Waals surface area (Å²) in [4.78, 5) is 1.14. The highest BCUT2D eigenvalue weighted by Crippen LogP contribution is 2.38. The Hall–Kier alpha value is -2.93. The number of rotatable bonds is 12. The molecule has 0 aromatic heterocycles. The largest absolute Gasteiger partial charge is 0.368 e. The molecule has 1 fully saturated rings. The Bertz CT molecular complexity index is 1220. The molecule has 0 radical (unpaired) electrons. The summed E-state index contributed by atoms with van der Waals surface area (Å²) in [6, 6.07) is 41.2. The van der Waals surface area contributed by atoms with Crippen LogP contribution in [0.2, 0.25) is 0 Å². The maximum absolute atomic E-state index is 6.76. The van der Waals surface area contributed by atoms with Crippen LogP contribution in [-0.2, 0) is 38.8 Å². The standard InChI is InChI=1S/C34H36O4S/c1-2-30-31(35-23-26-15-7-3-8-16-26)32(36-24-27-17-9-4-10-18-27)33(37-25-28-19-11-5-12-20-28)34(38-30)39-29-21-13-6-14-22-29/h3-22,30-34H,2,23-25H2,1H3/t30?,31-,32+,33?,34-/m0/s1. The molecule has 0 aliphatic carbocycles. The molecule has 5 heteroatoms. The van der Waals surface area contributed by atoms with E-state index in [0.717, 1.165) is 28.0 Å². The topological polar surface area (TPSA) is 36.9 Å². The van der Waals surface area contributed by atoms with Gasteiger partial charge >= 0.3 is 0 Å². The Kier molecular flexibility index (Phi) is 10.2. The van der Waals surface area contributed by atoms with Crippen LogP contribution in [0.5, 0.6) is 0 Å². The van der Waals surface area contributed by atoms with Crippen molar-refractivity contribution in [2.75, 3.05) is 0 Å². The molecule has 0 saturated carbocycles. The first kappa shape index (κ1) is 27.6. The molecule has 4 aromatic carbocycles. The molecule has 5 rings (SSSR count). The van der Waals surface area contributed by atoms with Gasteiger partial charge in [-0.3, -0.25) is 0 Å². The van der Waals surface area contributed by atoms with Gasteiger partial charge in [-0.15, -0.1) is 0 Å². The normalized spacial score (nSPS) is 22.9. The second kappa shape index (κ2) is 14.5. The molecule has 5 atom stereocenters. The van der Waals surface area contributed by atoms with Crippen molar-refractivity contribution in [1.82, 2.24) is 0 Å². The van der Waals surface area contributed by atoms with E-state index < -0.39 is 0 Å². The van der Waals surface area contributed by atoms with E-state index in [4.69, 9.17) is 18.9 Å². The highest BCUT2D eigenvalue weighted by molar-refractivity contribution is 7.99. The van der Waals surface area contributed by atoms with Crippen molar-refractivity contribution in [2.24, 2.45) is 0 Å². The van der Waals surface area contributed by atoms with Crippen molar-refractivity contribution in [3.8, 4) is 0 Å². The molecule has 2 unspecified atom stereocenters. The van der Waals surface area contributed by atoms with Gasteiger partial charge in [0.15, 0.2) is 0 Å².